The van der Waals surface area contributed by atoms with E-state index in [1.807, 2.05) is 30.3 Å². The molecule has 0 saturated heterocycles. The first-order chi connectivity index (χ1) is 11.6. The minimum Gasteiger partial charge on any atom is -0.391 e. The molecule has 1 heterocycles. The molecule has 0 saturated carbocycles. The van der Waals surface area contributed by atoms with Crippen molar-refractivity contribution in [2.45, 2.75) is 18.9 Å². The number of fused-ring (bicyclic) bond motifs is 1. The van der Waals surface area contributed by atoms with Crippen molar-refractivity contribution in [1.82, 2.24) is 15.3 Å². The molecule has 1 atom stereocenters. The van der Waals surface area contributed by atoms with Crippen LogP contribution in [0.2, 0.25) is 0 Å². The van der Waals surface area contributed by atoms with Gasteiger partial charge in [0.1, 0.15) is 11.3 Å². The highest BCUT2D eigenvalue weighted by molar-refractivity contribution is 6.04. The molecule has 0 radical (unpaired) electrons. The van der Waals surface area contributed by atoms with Crippen LogP contribution in [0.15, 0.2) is 48.8 Å². The van der Waals surface area contributed by atoms with Gasteiger partial charge in [0.05, 0.1) is 23.5 Å². The number of benzene rings is 2. The van der Waals surface area contributed by atoms with Crippen LogP contribution in [-0.4, -0.2) is 33.6 Å². The van der Waals surface area contributed by atoms with Crippen molar-refractivity contribution in [2.75, 3.05) is 6.54 Å². The lowest BCUT2D eigenvalue weighted by molar-refractivity contribution is 0.0912. The largest absolute Gasteiger partial charge is 0.391 e. The highest BCUT2D eigenvalue weighted by Gasteiger charge is 2.15. The van der Waals surface area contributed by atoms with E-state index in [2.05, 4.69) is 15.3 Å². The van der Waals surface area contributed by atoms with Gasteiger partial charge < -0.3 is 15.4 Å². The third kappa shape index (κ3) is 3.78. The summed E-state index contributed by atoms with van der Waals surface area (Å²) in [4.78, 5) is 19.1. The Kier molecular flexibility index (Phi) is 4.86. The fourth-order valence-corrected chi connectivity index (χ4v) is 2.57. The molecule has 0 fully saturated rings. The Bertz CT molecular complexity index is 833. The minimum atomic E-state index is -0.669. The van der Waals surface area contributed by atoms with Gasteiger partial charge in [-0.1, -0.05) is 30.3 Å². The number of amides is 1. The lowest BCUT2D eigenvalue weighted by Gasteiger charge is -2.12. The number of hydrogen-bond acceptors (Lipinski definition) is 3. The molecule has 1 aromatic heterocycles. The Morgan fingerprint density at radius 1 is 1.29 bits per heavy atom. The second kappa shape index (κ2) is 7.23. The summed E-state index contributed by atoms with van der Waals surface area (Å²) < 4.78 is 13.6. The molecule has 2 aromatic carbocycles. The molecule has 24 heavy (non-hydrogen) atoms. The predicted octanol–water partition coefficient (Wildman–Crippen LogP) is 2.43. The number of nitrogens with one attached hydrogen (secondary N) is 2. The van der Waals surface area contributed by atoms with Crippen molar-refractivity contribution >= 4 is 16.9 Å². The maximum Gasteiger partial charge on any atom is 0.253 e. The Morgan fingerprint density at radius 2 is 2.08 bits per heavy atom. The fraction of sp³-hybridized carbons (Fsp3) is 0.222. The van der Waals surface area contributed by atoms with E-state index < -0.39 is 17.8 Å². The van der Waals surface area contributed by atoms with Crippen LogP contribution in [0.25, 0.3) is 11.0 Å². The third-order valence-corrected chi connectivity index (χ3v) is 3.84. The van der Waals surface area contributed by atoms with Crippen LogP contribution in [-0.2, 0) is 6.42 Å². The second-order valence-corrected chi connectivity index (χ2v) is 5.64. The van der Waals surface area contributed by atoms with Gasteiger partial charge in [0.25, 0.3) is 5.91 Å². The number of nitrogens with zero attached hydrogens (tertiary/aromatic N) is 1. The third-order valence-electron chi connectivity index (χ3n) is 3.84. The molecular formula is C18H18FN3O2. The van der Waals surface area contributed by atoms with Gasteiger partial charge in [0, 0.05) is 6.54 Å². The SMILES string of the molecule is O=C(NC[C@H](O)CCc1ccccc1)c1cc(F)cc2[nH]cnc12. The van der Waals surface area contributed by atoms with Crippen LogP contribution in [0.1, 0.15) is 22.3 Å². The van der Waals surface area contributed by atoms with Gasteiger partial charge in [-0.15, -0.1) is 0 Å². The lowest BCUT2D eigenvalue weighted by Crippen LogP contribution is -2.32. The number of carbonyl (C=O) groups is 1. The van der Waals surface area contributed by atoms with E-state index in [9.17, 15) is 14.3 Å². The smallest absolute Gasteiger partial charge is 0.253 e. The zero-order valence-electron chi connectivity index (χ0n) is 13.0. The van der Waals surface area contributed by atoms with E-state index in [0.29, 0.717) is 17.5 Å². The average Bonchev–Trinajstić information content (AvgIpc) is 3.06. The number of hydrogen-bond donors (Lipinski definition) is 3. The van der Waals surface area contributed by atoms with Gasteiger partial charge in [-0.3, -0.25) is 4.79 Å². The molecule has 3 aromatic rings. The van der Waals surface area contributed by atoms with Crippen molar-refractivity contribution in [3.63, 3.8) is 0 Å². The number of rotatable bonds is 6. The molecule has 3 N–H and O–H groups in total. The molecule has 6 heteroatoms. The van der Waals surface area contributed by atoms with Crippen LogP contribution < -0.4 is 5.32 Å². The Hall–Kier alpha value is -2.73. The number of imidazole rings is 1. The first-order valence-electron chi connectivity index (χ1n) is 7.76. The van der Waals surface area contributed by atoms with Crippen LogP contribution in [0.4, 0.5) is 4.39 Å². The number of aliphatic hydroxyl groups is 1. The summed E-state index contributed by atoms with van der Waals surface area (Å²) in [6.07, 6.45) is 2.00. The monoisotopic (exact) mass is 327 g/mol. The van der Waals surface area contributed by atoms with Crippen LogP contribution >= 0.6 is 0 Å². The van der Waals surface area contributed by atoms with E-state index >= 15 is 0 Å². The summed E-state index contributed by atoms with van der Waals surface area (Å²) >= 11 is 0. The summed E-state index contributed by atoms with van der Waals surface area (Å²) in [6.45, 7) is 0.105. The van der Waals surface area contributed by atoms with Gasteiger partial charge in [0.15, 0.2) is 0 Å². The summed E-state index contributed by atoms with van der Waals surface area (Å²) in [5.41, 5.74) is 2.16. The first kappa shape index (κ1) is 16.1. The molecule has 0 aliphatic rings. The maximum absolute atomic E-state index is 13.6. The number of H-pyrrole nitrogens is 1. The Labute approximate surface area is 138 Å². The molecule has 0 bridgehead atoms. The molecule has 0 unspecified atom stereocenters. The summed E-state index contributed by atoms with van der Waals surface area (Å²) in [5.74, 6) is -0.966. The molecule has 1 amide bonds. The van der Waals surface area contributed by atoms with Crippen molar-refractivity contribution < 1.29 is 14.3 Å². The summed E-state index contributed by atoms with van der Waals surface area (Å²) in [7, 11) is 0. The van der Waals surface area contributed by atoms with Crippen LogP contribution in [0, 0.1) is 5.82 Å². The normalized spacial score (nSPS) is 12.2. The molecule has 0 aliphatic carbocycles. The summed E-state index contributed by atoms with van der Waals surface area (Å²) in [5, 5.41) is 12.7. The topological polar surface area (TPSA) is 78.0 Å². The van der Waals surface area contributed by atoms with Gasteiger partial charge in [-0.25, -0.2) is 9.37 Å². The lowest BCUT2D eigenvalue weighted by atomic mass is 10.1. The highest BCUT2D eigenvalue weighted by Crippen LogP contribution is 2.17. The Balaban J connectivity index is 1.57. The molecular weight excluding hydrogens is 309 g/mol. The molecule has 124 valence electrons. The second-order valence-electron chi connectivity index (χ2n) is 5.64. The van der Waals surface area contributed by atoms with E-state index in [4.69, 9.17) is 0 Å². The Morgan fingerprint density at radius 3 is 2.88 bits per heavy atom. The first-order valence-corrected chi connectivity index (χ1v) is 7.76. The summed E-state index contributed by atoms with van der Waals surface area (Å²) in [6, 6.07) is 12.3. The van der Waals surface area contributed by atoms with Gasteiger partial charge in [-0.05, 0) is 30.5 Å². The number of halogens is 1. The standard InChI is InChI=1S/C18H18FN3O2/c19-13-8-15(17-16(9-13)21-11-22-17)18(24)20-10-14(23)7-6-12-4-2-1-3-5-12/h1-5,8-9,11,14,23H,6-7,10H2,(H,20,24)(H,21,22)/t14-/m1/s1. The van der Waals surface area contributed by atoms with Gasteiger partial charge in [0.2, 0.25) is 0 Å². The zero-order chi connectivity index (χ0) is 16.9. The van der Waals surface area contributed by atoms with E-state index in [0.717, 1.165) is 18.1 Å². The highest BCUT2D eigenvalue weighted by atomic mass is 19.1. The molecule has 3 rings (SSSR count). The van der Waals surface area contributed by atoms with Crippen molar-refractivity contribution in [3.8, 4) is 0 Å². The number of aliphatic hydroxyl groups excluding tert-OH is 1. The molecule has 0 aliphatic heterocycles. The van der Waals surface area contributed by atoms with Gasteiger partial charge in [-0.2, -0.15) is 0 Å². The van der Waals surface area contributed by atoms with E-state index in [1.165, 1.54) is 12.4 Å². The fourth-order valence-electron chi connectivity index (χ4n) is 2.57. The quantitative estimate of drug-likeness (QED) is 0.651. The van der Waals surface area contributed by atoms with Crippen molar-refractivity contribution in [2.24, 2.45) is 0 Å². The predicted molar refractivity (Wildman–Crippen MR) is 89.2 cm³/mol. The number of carbonyl (C=O) groups excluding carboxylic acids is 1. The van der Waals surface area contributed by atoms with Gasteiger partial charge >= 0.3 is 0 Å². The molecule has 0 spiro atoms. The van der Waals surface area contributed by atoms with Crippen LogP contribution in [0.3, 0.4) is 0 Å². The van der Waals surface area contributed by atoms with Crippen molar-refractivity contribution in [1.29, 1.82) is 0 Å². The minimum absolute atomic E-state index is 0.105. The zero-order valence-corrected chi connectivity index (χ0v) is 13.0. The average molecular weight is 327 g/mol. The number of aromatic amines is 1. The molecule has 5 nitrogen and oxygen atoms in total. The maximum atomic E-state index is 13.6. The van der Waals surface area contributed by atoms with Crippen molar-refractivity contribution in [3.05, 3.63) is 65.7 Å². The van der Waals surface area contributed by atoms with E-state index in [1.54, 1.807) is 0 Å². The number of aromatic nitrogens is 2. The van der Waals surface area contributed by atoms with E-state index in [-0.39, 0.29) is 12.1 Å². The number of aryl methyl sites for hydroxylation is 1. The van der Waals surface area contributed by atoms with Crippen LogP contribution in [0.5, 0.6) is 0 Å².